The standard InChI is InChI=1S/C14H9N3O/c18-14-13-9-5-3-7-11(15-14)12(9)8-4-1-2-6-10(8)16-17-13/h1-7,16H,(H,15,18). The molecule has 0 aliphatic carbocycles. The first-order valence-electron chi connectivity index (χ1n) is 5.72. The molecule has 18 heavy (non-hydrogen) atoms. The lowest BCUT2D eigenvalue weighted by Gasteiger charge is -2.09. The van der Waals surface area contributed by atoms with Crippen molar-refractivity contribution < 1.29 is 0 Å². The van der Waals surface area contributed by atoms with E-state index in [0.29, 0.717) is 5.36 Å². The van der Waals surface area contributed by atoms with Gasteiger partial charge in [0.2, 0.25) is 0 Å². The van der Waals surface area contributed by atoms with Gasteiger partial charge in [0.15, 0.2) is 5.36 Å². The first kappa shape index (κ1) is 9.41. The summed E-state index contributed by atoms with van der Waals surface area (Å²) >= 11 is 0. The number of nitrogens with one attached hydrogen (secondary N) is 2. The number of aromatic amines is 1. The van der Waals surface area contributed by atoms with Crippen LogP contribution in [-0.4, -0.2) is 4.98 Å². The zero-order valence-electron chi connectivity index (χ0n) is 9.40. The number of hydrogen-bond acceptors (Lipinski definition) is 3. The minimum atomic E-state index is -0.162. The highest BCUT2D eigenvalue weighted by Crippen LogP contribution is 2.33. The molecule has 0 spiro atoms. The summed E-state index contributed by atoms with van der Waals surface area (Å²) in [7, 11) is 0. The number of para-hydroxylation sites is 1. The Balaban J connectivity index is 2.33. The van der Waals surface area contributed by atoms with Gasteiger partial charge in [0, 0.05) is 22.0 Å². The van der Waals surface area contributed by atoms with Crippen molar-refractivity contribution in [3.8, 4) is 11.1 Å². The SMILES string of the molecule is O=c1[nH]c2cccc3c2-c2ccccc2NN=c13. The van der Waals surface area contributed by atoms with Crippen LogP contribution in [0.5, 0.6) is 0 Å². The first-order chi connectivity index (χ1) is 8.84. The van der Waals surface area contributed by atoms with Gasteiger partial charge in [0.25, 0.3) is 5.56 Å². The van der Waals surface area contributed by atoms with Crippen molar-refractivity contribution in [1.82, 2.24) is 4.98 Å². The molecule has 0 radical (unpaired) electrons. The molecule has 0 atom stereocenters. The molecule has 4 bridgehead atoms. The van der Waals surface area contributed by atoms with Crippen LogP contribution in [0.2, 0.25) is 0 Å². The largest absolute Gasteiger partial charge is 0.320 e. The first-order valence-corrected chi connectivity index (χ1v) is 5.72. The van der Waals surface area contributed by atoms with E-state index >= 15 is 0 Å². The van der Waals surface area contributed by atoms with Gasteiger partial charge < -0.3 is 4.98 Å². The van der Waals surface area contributed by atoms with Gasteiger partial charge in [-0.15, -0.1) is 0 Å². The zero-order chi connectivity index (χ0) is 12.1. The minimum Gasteiger partial charge on any atom is -0.320 e. The molecule has 1 aromatic heterocycles. The van der Waals surface area contributed by atoms with Crippen LogP contribution in [0, 0.1) is 0 Å². The lowest BCUT2D eigenvalue weighted by Crippen LogP contribution is -2.29. The van der Waals surface area contributed by atoms with Gasteiger partial charge in [0.1, 0.15) is 0 Å². The van der Waals surface area contributed by atoms with Gasteiger partial charge >= 0.3 is 0 Å². The van der Waals surface area contributed by atoms with Crippen LogP contribution in [0.1, 0.15) is 0 Å². The van der Waals surface area contributed by atoms with Crippen LogP contribution in [-0.2, 0) is 0 Å². The number of hydrogen-bond donors (Lipinski definition) is 2. The molecule has 3 aromatic rings. The fourth-order valence-electron chi connectivity index (χ4n) is 2.47. The Morgan fingerprint density at radius 3 is 2.83 bits per heavy atom. The molecule has 4 heteroatoms. The predicted octanol–water partition coefficient (Wildman–Crippen LogP) is 1.87. The smallest absolute Gasteiger partial charge is 0.276 e. The summed E-state index contributed by atoms with van der Waals surface area (Å²) in [6.07, 6.45) is 0. The maximum atomic E-state index is 11.9. The summed E-state index contributed by atoms with van der Waals surface area (Å²) in [5.74, 6) is 0. The van der Waals surface area contributed by atoms with E-state index in [1.165, 1.54) is 0 Å². The van der Waals surface area contributed by atoms with Crippen molar-refractivity contribution in [2.45, 2.75) is 0 Å². The van der Waals surface area contributed by atoms with Crippen LogP contribution in [0.4, 0.5) is 5.69 Å². The summed E-state index contributed by atoms with van der Waals surface area (Å²) in [5.41, 5.74) is 6.65. The summed E-state index contributed by atoms with van der Waals surface area (Å²) in [6, 6.07) is 13.7. The molecule has 86 valence electrons. The molecular formula is C14H9N3O. The Hall–Kier alpha value is -2.62. The van der Waals surface area contributed by atoms with Crippen LogP contribution in [0.15, 0.2) is 52.4 Å². The lowest BCUT2D eigenvalue weighted by atomic mass is 9.98. The van der Waals surface area contributed by atoms with E-state index in [0.717, 1.165) is 27.7 Å². The molecule has 0 fully saturated rings. The van der Waals surface area contributed by atoms with Crippen molar-refractivity contribution >= 4 is 16.6 Å². The van der Waals surface area contributed by atoms with Gasteiger partial charge in [-0.05, 0) is 12.1 Å². The van der Waals surface area contributed by atoms with E-state index in [4.69, 9.17) is 0 Å². The monoisotopic (exact) mass is 235 g/mol. The Morgan fingerprint density at radius 1 is 1.00 bits per heavy atom. The molecule has 4 nitrogen and oxygen atoms in total. The summed E-state index contributed by atoms with van der Waals surface area (Å²) in [6.45, 7) is 0. The number of H-pyrrole nitrogens is 1. The van der Waals surface area contributed by atoms with Crippen LogP contribution >= 0.6 is 0 Å². The zero-order valence-corrected chi connectivity index (χ0v) is 9.40. The van der Waals surface area contributed by atoms with E-state index in [2.05, 4.69) is 15.5 Å². The summed E-state index contributed by atoms with van der Waals surface area (Å²) < 4.78 is 0. The number of fused-ring (bicyclic) bond motifs is 1. The van der Waals surface area contributed by atoms with Crippen molar-refractivity contribution in [2.24, 2.45) is 5.10 Å². The van der Waals surface area contributed by atoms with Crippen molar-refractivity contribution in [3.05, 3.63) is 58.2 Å². The second kappa shape index (κ2) is 3.20. The average molecular weight is 235 g/mol. The van der Waals surface area contributed by atoms with Crippen molar-refractivity contribution in [1.29, 1.82) is 0 Å². The Labute approximate surface area is 102 Å². The van der Waals surface area contributed by atoms with Crippen molar-refractivity contribution in [3.63, 3.8) is 0 Å². The van der Waals surface area contributed by atoms with Gasteiger partial charge in [-0.3, -0.25) is 10.2 Å². The highest BCUT2D eigenvalue weighted by Gasteiger charge is 2.16. The van der Waals surface area contributed by atoms with Crippen molar-refractivity contribution in [2.75, 3.05) is 5.43 Å². The maximum absolute atomic E-state index is 11.9. The van der Waals surface area contributed by atoms with Crippen LogP contribution < -0.4 is 16.3 Å². The minimum absolute atomic E-state index is 0.162. The van der Waals surface area contributed by atoms with E-state index in [1.807, 2.05) is 42.5 Å². The number of pyridine rings is 1. The maximum Gasteiger partial charge on any atom is 0.276 e. The Bertz CT molecular complexity index is 880. The molecule has 1 aliphatic heterocycles. The second-order valence-electron chi connectivity index (χ2n) is 4.30. The third kappa shape index (κ3) is 1.09. The van der Waals surface area contributed by atoms with E-state index in [1.54, 1.807) is 0 Å². The number of rotatable bonds is 0. The van der Waals surface area contributed by atoms with Crippen LogP contribution in [0.3, 0.4) is 0 Å². The summed E-state index contributed by atoms with van der Waals surface area (Å²) in [5, 5.41) is 5.53. The molecule has 2 heterocycles. The molecule has 2 aromatic carbocycles. The normalized spacial score (nSPS) is 12.4. The number of anilines is 1. The van der Waals surface area contributed by atoms with Gasteiger partial charge in [0.05, 0.1) is 5.69 Å². The summed E-state index contributed by atoms with van der Waals surface area (Å²) in [4.78, 5) is 14.8. The molecule has 0 saturated heterocycles. The van der Waals surface area contributed by atoms with Gasteiger partial charge in [-0.2, -0.15) is 5.10 Å². The molecule has 4 rings (SSSR count). The lowest BCUT2D eigenvalue weighted by molar-refractivity contribution is 1.16. The molecule has 0 amide bonds. The third-order valence-electron chi connectivity index (χ3n) is 3.27. The average Bonchev–Trinajstić information content (AvgIpc) is 2.51. The second-order valence-corrected chi connectivity index (χ2v) is 4.30. The highest BCUT2D eigenvalue weighted by atomic mass is 16.1. The molecular weight excluding hydrogens is 226 g/mol. The quantitative estimate of drug-likeness (QED) is 0.625. The van der Waals surface area contributed by atoms with Gasteiger partial charge in [-0.1, -0.05) is 30.3 Å². The molecule has 0 saturated carbocycles. The highest BCUT2D eigenvalue weighted by molar-refractivity contribution is 5.99. The molecule has 0 unspecified atom stereocenters. The number of aromatic nitrogens is 1. The Morgan fingerprint density at radius 2 is 1.89 bits per heavy atom. The topological polar surface area (TPSA) is 57.2 Å². The number of nitrogens with zero attached hydrogens (tertiary/aromatic N) is 1. The fraction of sp³-hybridized carbons (Fsp3) is 0. The van der Waals surface area contributed by atoms with E-state index in [-0.39, 0.29) is 5.56 Å². The van der Waals surface area contributed by atoms with E-state index in [9.17, 15) is 4.79 Å². The molecule has 2 N–H and O–H groups in total. The Kier molecular flexibility index (Phi) is 1.67. The predicted molar refractivity (Wildman–Crippen MR) is 70.4 cm³/mol. The van der Waals surface area contributed by atoms with Gasteiger partial charge in [-0.25, -0.2) is 0 Å². The van der Waals surface area contributed by atoms with Crippen LogP contribution in [0.25, 0.3) is 22.0 Å². The van der Waals surface area contributed by atoms with E-state index < -0.39 is 0 Å². The number of benzene rings is 2. The third-order valence-corrected chi connectivity index (χ3v) is 3.27. The molecule has 1 aliphatic rings. The fourth-order valence-corrected chi connectivity index (χ4v) is 2.47.